The topological polar surface area (TPSA) is 82.8 Å². The number of nitrogen functional groups attached to an aromatic ring is 1. The Hall–Kier alpha value is -1.67. The molecule has 7 nitrogen and oxygen atoms in total. The molecule has 1 aromatic rings. The fourth-order valence-corrected chi connectivity index (χ4v) is 2.81. The van der Waals surface area contributed by atoms with Crippen LogP contribution in [0.4, 0.5) is 5.13 Å². The lowest BCUT2D eigenvalue weighted by Gasteiger charge is -2.35. The summed E-state index contributed by atoms with van der Waals surface area (Å²) in [6, 6.07) is 0. The Bertz CT molecular complexity index is 508. The van der Waals surface area contributed by atoms with Gasteiger partial charge in [0, 0.05) is 31.6 Å². The smallest absolute Gasteiger partial charge is 0.236 e. The van der Waals surface area contributed by atoms with Crippen molar-refractivity contribution in [1.29, 1.82) is 0 Å². The normalized spacial score (nSPS) is 15.6. The molecule has 2 N–H and O–H groups in total. The van der Waals surface area contributed by atoms with Crippen molar-refractivity contribution in [1.82, 2.24) is 19.7 Å². The zero-order valence-electron chi connectivity index (χ0n) is 12.4. The van der Waals surface area contributed by atoms with Crippen LogP contribution in [0.15, 0.2) is 5.38 Å². The number of likely N-dealkylation sites (N-methyl/N-ethyl adjacent to an activating group) is 1. The maximum Gasteiger partial charge on any atom is 0.236 e. The average Bonchev–Trinajstić information content (AvgIpc) is 2.83. The largest absolute Gasteiger partial charge is 0.375 e. The highest BCUT2D eigenvalue weighted by atomic mass is 32.1. The van der Waals surface area contributed by atoms with Gasteiger partial charge >= 0.3 is 0 Å². The van der Waals surface area contributed by atoms with E-state index in [9.17, 15) is 9.59 Å². The summed E-state index contributed by atoms with van der Waals surface area (Å²) in [5, 5.41) is 2.29. The molecule has 1 aliphatic rings. The average molecular weight is 311 g/mol. The third kappa shape index (κ3) is 4.40. The summed E-state index contributed by atoms with van der Waals surface area (Å²) in [7, 11) is 3.74. The van der Waals surface area contributed by atoms with Crippen LogP contribution in [0.3, 0.4) is 0 Å². The molecule has 0 atom stereocenters. The first-order chi connectivity index (χ1) is 9.95. The lowest BCUT2D eigenvalue weighted by Crippen LogP contribution is -2.52. The first-order valence-electron chi connectivity index (χ1n) is 6.86. The van der Waals surface area contributed by atoms with Gasteiger partial charge in [0.1, 0.15) is 0 Å². The van der Waals surface area contributed by atoms with Gasteiger partial charge in [-0.1, -0.05) is 0 Å². The number of hydrogen-bond acceptors (Lipinski definition) is 6. The Kier molecular flexibility index (Phi) is 5.13. The lowest BCUT2D eigenvalue weighted by atomic mass is 10.2. The van der Waals surface area contributed by atoms with Gasteiger partial charge in [-0.15, -0.1) is 11.3 Å². The van der Waals surface area contributed by atoms with Crippen LogP contribution in [0.2, 0.25) is 0 Å². The molecule has 8 heteroatoms. The van der Waals surface area contributed by atoms with Gasteiger partial charge in [-0.25, -0.2) is 4.98 Å². The summed E-state index contributed by atoms with van der Waals surface area (Å²) >= 11 is 1.34. The molecule has 0 radical (unpaired) electrons. The molecule has 2 rings (SSSR count). The second-order valence-electron chi connectivity index (χ2n) is 5.35. The van der Waals surface area contributed by atoms with Crippen molar-refractivity contribution in [2.75, 3.05) is 52.6 Å². The van der Waals surface area contributed by atoms with Crippen LogP contribution in [-0.4, -0.2) is 78.3 Å². The molecule has 0 unspecified atom stereocenters. The Morgan fingerprint density at radius 2 is 1.81 bits per heavy atom. The Morgan fingerprint density at radius 3 is 2.29 bits per heavy atom. The van der Waals surface area contributed by atoms with Gasteiger partial charge in [0.05, 0.1) is 18.7 Å². The maximum absolute atomic E-state index is 12.2. The van der Waals surface area contributed by atoms with E-state index in [1.54, 1.807) is 4.90 Å². The van der Waals surface area contributed by atoms with E-state index in [1.807, 2.05) is 29.3 Å². The van der Waals surface area contributed by atoms with Crippen molar-refractivity contribution in [3.8, 4) is 0 Å². The van der Waals surface area contributed by atoms with E-state index in [-0.39, 0.29) is 18.2 Å². The van der Waals surface area contributed by atoms with Gasteiger partial charge < -0.3 is 20.4 Å². The van der Waals surface area contributed by atoms with Crippen LogP contribution < -0.4 is 5.73 Å². The maximum atomic E-state index is 12.2. The lowest BCUT2D eigenvalue weighted by molar-refractivity contribution is -0.139. The minimum absolute atomic E-state index is 0.0417. The van der Waals surface area contributed by atoms with Gasteiger partial charge in [-0.05, 0) is 14.1 Å². The van der Waals surface area contributed by atoms with E-state index in [0.717, 1.165) is 0 Å². The van der Waals surface area contributed by atoms with Crippen LogP contribution in [0.1, 0.15) is 5.69 Å². The molecule has 0 spiro atoms. The first-order valence-corrected chi connectivity index (χ1v) is 7.74. The number of carbonyl (C=O) groups is 2. The van der Waals surface area contributed by atoms with Crippen molar-refractivity contribution in [2.45, 2.75) is 6.42 Å². The summed E-state index contributed by atoms with van der Waals surface area (Å²) in [4.78, 5) is 33.7. The number of rotatable bonds is 4. The minimum Gasteiger partial charge on any atom is -0.375 e. The number of amides is 2. The molecule has 2 heterocycles. The number of hydrogen-bond donors (Lipinski definition) is 1. The first kappa shape index (κ1) is 15.7. The molecular formula is C13H21N5O2S. The highest BCUT2D eigenvalue weighted by molar-refractivity contribution is 7.13. The zero-order valence-corrected chi connectivity index (χ0v) is 13.2. The molecular weight excluding hydrogens is 290 g/mol. The van der Waals surface area contributed by atoms with Crippen molar-refractivity contribution >= 4 is 28.3 Å². The molecule has 21 heavy (non-hydrogen) atoms. The summed E-state index contributed by atoms with van der Waals surface area (Å²) < 4.78 is 0. The number of nitrogens with zero attached hydrogens (tertiary/aromatic N) is 4. The van der Waals surface area contributed by atoms with Gasteiger partial charge in [-0.3, -0.25) is 9.59 Å². The summed E-state index contributed by atoms with van der Waals surface area (Å²) in [5.41, 5.74) is 6.27. The molecule has 1 fully saturated rings. The fraction of sp³-hybridized carbons (Fsp3) is 0.615. The highest BCUT2D eigenvalue weighted by Gasteiger charge is 2.24. The molecule has 0 aromatic carbocycles. The summed E-state index contributed by atoms with van der Waals surface area (Å²) in [6.45, 7) is 2.76. The van der Waals surface area contributed by atoms with Gasteiger partial charge in [0.15, 0.2) is 5.13 Å². The van der Waals surface area contributed by atoms with E-state index >= 15 is 0 Å². The minimum atomic E-state index is 0.0417. The van der Waals surface area contributed by atoms with Crippen LogP contribution in [0.25, 0.3) is 0 Å². The Balaban J connectivity index is 1.80. The number of piperazine rings is 1. The van der Waals surface area contributed by atoms with Crippen LogP contribution in [0, 0.1) is 0 Å². The van der Waals surface area contributed by atoms with Gasteiger partial charge in [0.25, 0.3) is 0 Å². The monoisotopic (exact) mass is 311 g/mol. The number of nitrogens with two attached hydrogens (primary N) is 1. The molecule has 0 saturated carbocycles. The molecule has 2 amide bonds. The van der Waals surface area contributed by atoms with Crippen molar-refractivity contribution in [3.05, 3.63) is 11.1 Å². The predicted octanol–water partition coefficient (Wildman–Crippen LogP) is -0.500. The second-order valence-corrected chi connectivity index (χ2v) is 6.24. The van der Waals surface area contributed by atoms with E-state index in [2.05, 4.69) is 4.98 Å². The predicted molar refractivity (Wildman–Crippen MR) is 81.9 cm³/mol. The Labute approximate surface area is 128 Å². The number of carbonyl (C=O) groups excluding carboxylic acids is 2. The van der Waals surface area contributed by atoms with Crippen LogP contribution in [-0.2, 0) is 16.0 Å². The quantitative estimate of drug-likeness (QED) is 0.810. The van der Waals surface area contributed by atoms with Crippen molar-refractivity contribution in [2.24, 2.45) is 0 Å². The van der Waals surface area contributed by atoms with E-state index in [0.29, 0.717) is 43.5 Å². The summed E-state index contributed by atoms with van der Waals surface area (Å²) in [5.74, 6) is 0.152. The van der Waals surface area contributed by atoms with E-state index < -0.39 is 0 Å². The zero-order chi connectivity index (χ0) is 15.4. The number of anilines is 1. The standard InChI is InChI=1S/C13H21N5O2S/c1-16(2)8-12(20)18-5-3-17(4-6-18)11(19)7-10-9-21-13(14)15-10/h9H,3-8H2,1-2H3,(H2,14,15). The SMILES string of the molecule is CN(C)CC(=O)N1CCN(C(=O)Cc2csc(N)n2)CC1. The molecule has 1 saturated heterocycles. The second kappa shape index (κ2) is 6.86. The third-order valence-electron chi connectivity index (χ3n) is 3.34. The fourth-order valence-electron chi connectivity index (χ4n) is 2.25. The number of thiazole rings is 1. The summed E-state index contributed by atoms with van der Waals surface area (Å²) in [6.07, 6.45) is 0.277. The number of aromatic nitrogens is 1. The van der Waals surface area contributed by atoms with Crippen LogP contribution >= 0.6 is 11.3 Å². The highest BCUT2D eigenvalue weighted by Crippen LogP contribution is 2.13. The van der Waals surface area contributed by atoms with Gasteiger partial charge in [0.2, 0.25) is 11.8 Å². The third-order valence-corrected chi connectivity index (χ3v) is 4.06. The molecule has 116 valence electrons. The van der Waals surface area contributed by atoms with Crippen LogP contribution in [0.5, 0.6) is 0 Å². The Morgan fingerprint density at radius 1 is 1.24 bits per heavy atom. The molecule has 0 bridgehead atoms. The van der Waals surface area contributed by atoms with Crippen molar-refractivity contribution in [3.63, 3.8) is 0 Å². The molecule has 1 aliphatic heterocycles. The van der Waals surface area contributed by atoms with Gasteiger partial charge in [-0.2, -0.15) is 0 Å². The van der Waals surface area contributed by atoms with Crippen molar-refractivity contribution < 1.29 is 9.59 Å². The molecule has 0 aliphatic carbocycles. The van der Waals surface area contributed by atoms with E-state index in [1.165, 1.54) is 11.3 Å². The van der Waals surface area contributed by atoms with E-state index in [4.69, 9.17) is 5.73 Å². The molecule has 1 aromatic heterocycles.